The second-order valence-corrected chi connectivity index (χ2v) is 3.34. The van der Waals surface area contributed by atoms with Gasteiger partial charge in [-0.15, -0.1) is 11.6 Å². The van der Waals surface area contributed by atoms with Crippen LogP contribution in [0, 0.1) is 11.8 Å². The summed E-state index contributed by atoms with van der Waals surface area (Å²) in [6.45, 7) is 0. The van der Waals surface area contributed by atoms with Crippen molar-refractivity contribution in [3.8, 4) is 0 Å². The molecule has 0 amide bonds. The van der Waals surface area contributed by atoms with E-state index in [2.05, 4.69) is 12.2 Å². The van der Waals surface area contributed by atoms with E-state index in [1.807, 2.05) is 0 Å². The topological polar surface area (TPSA) is 20.2 Å². The van der Waals surface area contributed by atoms with Crippen molar-refractivity contribution in [1.82, 2.24) is 0 Å². The van der Waals surface area contributed by atoms with E-state index in [1.54, 1.807) is 0 Å². The molecule has 2 aliphatic carbocycles. The fraction of sp³-hybridized carbons (Fsp3) is 0.714. The molecule has 1 N–H and O–H groups in total. The highest BCUT2D eigenvalue weighted by atomic mass is 35.5. The van der Waals surface area contributed by atoms with Crippen LogP contribution in [0.4, 0.5) is 0 Å². The summed E-state index contributed by atoms with van der Waals surface area (Å²) in [5.74, 6) is 0.925. The van der Waals surface area contributed by atoms with Gasteiger partial charge in [0.25, 0.3) is 0 Å². The molecular formula is C7H9ClO. The molecule has 50 valence electrons. The lowest BCUT2D eigenvalue weighted by molar-refractivity contribution is 0.00274. The van der Waals surface area contributed by atoms with Crippen LogP contribution in [-0.2, 0) is 0 Å². The number of halogens is 1. The molecule has 0 aliphatic heterocycles. The number of aliphatic hydroxyl groups excluding tert-OH is 1. The molecule has 0 aromatic rings. The van der Waals surface area contributed by atoms with E-state index in [0.29, 0.717) is 11.8 Å². The number of fused-ring (bicyclic) bond motifs is 1. The Balaban J connectivity index is 2.12. The fourth-order valence-corrected chi connectivity index (χ4v) is 2.18. The number of alkyl halides is 1. The normalized spacial score (nSPS) is 54.9. The fourth-order valence-electron chi connectivity index (χ4n) is 1.72. The highest BCUT2D eigenvalue weighted by Crippen LogP contribution is 2.45. The van der Waals surface area contributed by atoms with Crippen LogP contribution in [0.2, 0.25) is 0 Å². The lowest BCUT2D eigenvalue weighted by Gasteiger charge is -2.41. The Kier molecular flexibility index (Phi) is 1.11. The van der Waals surface area contributed by atoms with Crippen LogP contribution < -0.4 is 0 Å². The number of hydrogen-bond donors (Lipinski definition) is 1. The minimum atomic E-state index is -0.244. The van der Waals surface area contributed by atoms with Crippen molar-refractivity contribution >= 4 is 11.6 Å². The van der Waals surface area contributed by atoms with Gasteiger partial charge in [-0.05, 0) is 12.3 Å². The maximum atomic E-state index is 9.21. The van der Waals surface area contributed by atoms with Gasteiger partial charge in [0.1, 0.15) is 0 Å². The Morgan fingerprint density at radius 1 is 1.56 bits per heavy atom. The summed E-state index contributed by atoms with van der Waals surface area (Å²) in [6, 6.07) is 0. The van der Waals surface area contributed by atoms with Crippen LogP contribution in [0.3, 0.4) is 0 Å². The minimum Gasteiger partial charge on any atom is -0.391 e. The van der Waals surface area contributed by atoms with Gasteiger partial charge in [0.05, 0.1) is 11.5 Å². The molecule has 2 aliphatic rings. The van der Waals surface area contributed by atoms with Crippen LogP contribution in [0.25, 0.3) is 0 Å². The monoisotopic (exact) mass is 144 g/mol. The van der Waals surface area contributed by atoms with Crippen molar-refractivity contribution < 1.29 is 5.11 Å². The molecule has 0 aromatic heterocycles. The SMILES string of the molecule is O[C@@H]1[C@H](Cl)[C@@H]2C=CC[C@H]12. The number of hydrogen-bond acceptors (Lipinski definition) is 1. The summed E-state index contributed by atoms with van der Waals surface area (Å²) in [5.41, 5.74) is 0. The summed E-state index contributed by atoms with van der Waals surface area (Å²) in [7, 11) is 0. The minimum absolute atomic E-state index is 0.00579. The molecule has 1 nitrogen and oxygen atoms in total. The summed E-state index contributed by atoms with van der Waals surface area (Å²) in [5, 5.41) is 9.21. The average molecular weight is 145 g/mol. The first-order valence-electron chi connectivity index (χ1n) is 3.29. The molecule has 1 saturated carbocycles. The molecule has 9 heavy (non-hydrogen) atoms. The van der Waals surface area contributed by atoms with Crippen molar-refractivity contribution in [3.05, 3.63) is 12.2 Å². The van der Waals surface area contributed by atoms with Crippen molar-refractivity contribution in [1.29, 1.82) is 0 Å². The number of aliphatic hydroxyl groups is 1. The van der Waals surface area contributed by atoms with Crippen molar-refractivity contribution in [2.24, 2.45) is 11.8 Å². The average Bonchev–Trinajstić information content (AvgIpc) is 2.30. The Hall–Kier alpha value is -0.0100. The Morgan fingerprint density at radius 2 is 2.33 bits per heavy atom. The summed E-state index contributed by atoms with van der Waals surface area (Å²) in [6.07, 6.45) is 5.01. The smallest absolute Gasteiger partial charge is 0.0746 e. The summed E-state index contributed by atoms with van der Waals surface area (Å²) in [4.78, 5) is 0. The van der Waals surface area contributed by atoms with Crippen LogP contribution in [0.5, 0.6) is 0 Å². The molecule has 2 rings (SSSR count). The van der Waals surface area contributed by atoms with E-state index in [-0.39, 0.29) is 11.5 Å². The lowest BCUT2D eigenvalue weighted by atomic mass is 9.73. The van der Waals surface area contributed by atoms with E-state index in [1.165, 1.54) is 0 Å². The van der Waals surface area contributed by atoms with E-state index in [9.17, 15) is 5.11 Å². The second-order valence-electron chi connectivity index (χ2n) is 2.84. The highest BCUT2D eigenvalue weighted by molar-refractivity contribution is 6.22. The van der Waals surface area contributed by atoms with Crippen molar-refractivity contribution in [2.75, 3.05) is 0 Å². The van der Waals surface area contributed by atoms with Crippen LogP contribution in [0.1, 0.15) is 6.42 Å². The predicted molar refractivity (Wildman–Crippen MR) is 36.4 cm³/mol. The molecule has 0 radical (unpaired) electrons. The van der Waals surface area contributed by atoms with Gasteiger partial charge in [0, 0.05) is 5.92 Å². The largest absolute Gasteiger partial charge is 0.391 e. The summed E-state index contributed by atoms with van der Waals surface area (Å²) < 4.78 is 0. The molecule has 0 heterocycles. The van der Waals surface area contributed by atoms with E-state index < -0.39 is 0 Å². The Morgan fingerprint density at radius 3 is 3.00 bits per heavy atom. The quantitative estimate of drug-likeness (QED) is 0.400. The molecule has 4 atom stereocenters. The van der Waals surface area contributed by atoms with Gasteiger partial charge >= 0.3 is 0 Å². The molecule has 1 fully saturated rings. The number of rotatable bonds is 0. The third-order valence-electron chi connectivity index (χ3n) is 2.39. The first-order valence-corrected chi connectivity index (χ1v) is 3.73. The summed E-state index contributed by atoms with van der Waals surface area (Å²) >= 11 is 5.80. The Labute approximate surface area is 59.3 Å². The maximum Gasteiger partial charge on any atom is 0.0746 e. The molecule has 0 unspecified atom stereocenters. The van der Waals surface area contributed by atoms with Crippen LogP contribution >= 0.6 is 11.6 Å². The first-order chi connectivity index (χ1) is 4.30. The van der Waals surface area contributed by atoms with Gasteiger partial charge in [0.2, 0.25) is 0 Å². The molecule has 0 aromatic carbocycles. The van der Waals surface area contributed by atoms with Crippen molar-refractivity contribution in [2.45, 2.75) is 17.9 Å². The molecular weight excluding hydrogens is 136 g/mol. The van der Waals surface area contributed by atoms with Gasteiger partial charge in [-0.1, -0.05) is 12.2 Å². The predicted octanol–water partition coefficient (Wildman–Crippen LogP) is 1.16. The van der Waals surface area contributed by atoms with E-state index >= 15 is 0 Å². The molecule has 0 spiro atoms. The molecule has 2 heteroatoms. The van der Waals surface area contributed by atoms with Gasteiger partial charge in [-0.3, -0.25) is 0 Å². The van der Waals surface area contributed by atoms with Crippen LogP contribution in [0.15, 0.2) is 12.2 Å². The molecule has 0 bridgehead atoms. The standard InChI is InChI=1S/C7H9ClO/c8-6-4-2-1-3-5(4)7(6)9/h1-2,4-7,9H,3H2/t4-,5+,6-,7+/m1/s1. The maximum absolute atomic E-state index is 9.21. The lowest BCUT2D eigenvalue weighted by Crippen LogP contribution is -2.49. The zero-order valence-electron chi connectivity index (χ0n) is 5.00. The first kappa shape index (κ1) is 5.75. The highest BCUT2D eigenvalue weighted by Gasteiger charge is 2.48. The van der Waals surface area contributed by atoms with Crippen LogP contribution in [-0.4, -0.2) is 16.6 Å². The van der Waals surface area contributed by atoms with Gasteiger partial charge < -0.3 is 5.11 Å². The van der Waals surface area contributed by atoms with Crippen molar-refractivity contribution in [3.63, 3.8) is 0 Å². The Bertz CT molecular complexity index is 155. The van der Waals surface area contributed by atoms with E-state index in [4.69, 9.17) is 11.6 Å². The van der Waals surface area contributed by atoms with Gasteiger partial charge in [0.15, 0.2) is 0 Å². The van der Waals surface area contributed by atoms with Gasteiger partial charge in [-0.25, -0.2) is 0 Å². The third kappa shape index (κ3) is 0.593. The third-order valence-corrected chi connectivity index (χ3v) is 2.94. The zero-order chi connectivity index (χ0) is 6.43. The van der Waals surface area contributed by atoms with Gasteiger partial charge in [-0.2, -0.15) is 0 Å². The molecule has 0 saturated heterocycles. The number of allylic oxidation sites excluding steroid dienone is 2. The second kappa shape index (κ2) is 1.74. The zero-order valence-corrected chi connectivity index (χ0v) is 5.75. The van der Waals surface area contributed by atoms with E-state index in [0.717, 1.165) is 6.42 Å².